The fourth-order valence-electron chi connectivity index (χ4n) is 1.75. The summed E-state index contributed by atoms with van der Waals surface area (Å²) in [6, 6.07) is 8.93. The van der Waals surface area contributed by atoms with Crippen LogP contribution in [0.5, 0.6) is 0 Å². The normalized spacial score (nSPS) is 10.1. The van der Waals surface area contributed by atoms with Gasteiger partial charge in [-0.1, -0.05) is 12.1 Å². The van der Waals surface area contributed by atoms with Crippen molar-refractivity contribution in [2.45, 2.75) is 6.42 Å². The van der Waals surface area contributed by atoms with Crippen LogP contribution in [0, 0.1) is 5.95 Å². The molecule has 0 saturated carbocycles. The second-order valence-corrected chi connectivity index (χ2v) is 4.38. The summed E-state index contributed by atoms with van der Waals surface area (Å²) in [5.41, 5.74) is 1.43. The summed E-state index contributed by atoms with van der Waals surface area (Å²) in [5, 5.41) is 11.5. The Kier molecular flexibility index (Phi) is 4.61. The summed E-state index contributed by atoms with van der Waals surface area (Å²) >= 11 is 0. The quantitative estimate of drug-likeness (QED) is 0.823. The monoisotopic (exact) mass is 288 g/mol. The molecule has 0 unspecified atom stereocenters. The molecule has 0 aliphatic rings. The number of carboxylic acids is 1. The molecule has 6 heteroatoms. The van der Waals surface area contributed by atoms with Crippen LogP contribution in [0.25, 0.3) is 0 Å². The summed E-state index contributed by atoms with van der Waals surface area (Å²) in [6.45, 7) is 0.391. The SMILES string of the molecule is O=C(O)c1ccc(CCNC(=O)c2ccc(F)nc2)cc1. The first kappa shape index (κ1) is 14.6. The molecule has 0 aliphatic carbocycles. The third-order valence-corrected chi connectivity index (χ3v) is 2.89. The number of hydrogen-bond acceptors (Lipinski definition) is 3. The third-order valence-electron chi connectivity index (χ3n) is 2.89. The number of pyridine rings is 1. The molecule has 0 radical (unpaired) electrons. The lowest BCUT2D eigenvalue weighted by molar-refractivity contribution is 0.0696. The molecule has 0 fully saturated rings. The first-order chi connectivity index (χ1) is 10.1. The lowest BCUT2D eigenvalue weighted by Gasteiger charge is -2.05. The van der Waals surface area contributed by atoms with Crippen molar-refractivity contribution >= 4 is 11.9 Å². The topological polar surface area (TPSA) is 79.3 Å². The molecule has 0 atom stereocenters. The second kappa shape index (κ2) is 6.60. The summed E-state index contributed by atoms with van der Waals surface area (Å²) in [7, 11) is 0. The fraction of sp³-hybridized carbons (Fsp3) is 0.133. The van der Waals surface area contributed by atoms with E-state index < -0.39 is 11.9 Å². The molecule has 0 spiro atoms. The minimum absolute atomic E-state index is 0.222. The van der Waals surface area contributed by atoms with E-state index in [9.17, 15) is 14.0 Å². The van der Waals surface area contributed by atoms with E-state index in [-0.39, 0.29) is 17.0 Å². The standard InChI is InChI=1S/C15H13FN2O3/c16-13-6-5-12(9-18-13)14(19)17-8-7-10-1-3-11(4-2-10)15(20)21/h1-6,9H,7-8H2,(H,17,19)(H,20,21). The predicted octanol–water partition coefficient (Wildman–Crippen LogP) is 1.89. The Bertz CT molecular complexity index is 639. The third kappa shape index (κ3) is 4.10. The van der Waals surface area contributed by atoms with Crippen molar-refractivity contribution in [2.75, 3.05) is 6.54 Å². The molecule has 2 rings (SSSR count). The van der Waals surface area contributed by atoms with E-state index >= 15 is 0 Å². The highest BCUT2D eigenvalue weighted by Crippen LogP contribution is 2.05. The molecule has 1 aromatic carbocycles. The van der Waals surface area contributed by atoms with Crippen molar-refractivity contribution in [3.8, 4) is 0 Å². The van der Waals surface area contributed by atoms with Gasteiger partial charge in [0, 0.05) is 12.7 Å². The summed E-state index contributed by atoms with van der Waals surface area (Å²) in [6.07, 6.45) is 1.74. The van der Waals surface area contributed by atoms with Crippen LogP contribution in [0.3, 0.4) is 0 Å². The van der Waals surface area contributed by atoms with Crippen LogP contribution in [0.15, 0.2) is 42.6 Å². The number of carbonyl (C=O) groups is 2. The Morgan fingerprint density at radius 1 is 1.10 bits per heavy atom. The molecule has 21 heavy (non-hydrogen) atoms. The number of aromatic carboxylic acids is 1. The smallest absolute Gasteiger partial charge is 0.335 e. The maximum absolute atomic E-state index is 12.6. The fourth-order valence-corrected chi connectivity index (χ4v) is 1.75. The first-order valence-electron chi connectivity index (χ1n) is 6.28. The maximum Gasteiger partial charge on any atom is 0.335 e. The number of carbonyl (C=O) groups excluding carboxylic acids is 1. The number of nitrogens with one attached hydrogen (secondary N) is 1. The summed E-state index contributed by atoms with van der Waals surface area (Å²) in [4.78, 5) is 25.9. The minimum atomic E-state index is -0.973. The lowest BCUT2D eigenvalue weighted by Crippen LogP contribution is -2.25. The van der Waals surface area contributed by atoms with Gasteiger partial charge in [0.15, 0.2) is 0 Å². The van der Waals surface area contributed by atoms with E-state index in [1.165, 1.54) is 24.4 Å². The molecular formula is C15H13FN2O3. The molecule has 2 N–H and O–H groups in total. The van der Waals surface area contributed by atoms with Gasteiger partial charge in [-0.25, -0.2) is 9.78 Å². The van der Waals surface area contributed by atoms with Crippen molar-refractivity contribution in [3.63, 3.8) is 0 Å². The van der Waals surface area contributed by atoms with Gasteiger partial charge in [-0.2, -0.15) is 4.39 Å². The van der Waals surface area contributed by atoms with E-state index in [0.717, 1.165) is 11.6 Å². The Hall–Kier alpha value is -2.76. The first-order valence-corrected chi connectivity index (χ1v) is 6.28. The lowest BCUT2D eigenvalue weighted by atomic mass is 10.1. The molecule has 0 bridgehead atoms. The number of amides is 1. The van der Waals surface area contributed by atoms with E-state index in [1.807, 2.05) is 0 Å². The largest absolute Gasteiger partial charge is 0.478 e. The van der Waals surface area contributed by atoms with Crippen molar-refractivity contribution in [2.24, 2.45) is 0 Å². The number of hydrogen-bond donors (Lipinski definition) is 2. The zero-order valence-electron chi connectivity index (χ0n) is 11.0. The number of carboxylic acid groups (broad SMARTS) is 1. The molecule has 1 heterocycles. The summed E-state index contributed by atoms with van der Waals surface area (Å²) < 4.78 is 12.6. The molecule has 1 aromatic heterocycles. The Morgan fingerprint density at radius 3 is 2.33 bits per heavy atom. The number of rotatable bonds is 5. The highest BCUT2D eigenvalue weighted by atomic mass is 19.1. The van der Waals surface area contributed by atoms with Crippen molar-refractivity contribution in [1.82, 2.24) is 10.3 Å². The Morgan fingerprint density at radius 2 is 1.76 bits per heavy atom. The molecule has 5 nitrogen and oxygen atoms in total. The van der Waals surface area contributed by atoms with Crippen molar-refractivity contribution in [1.29, 1.82) is 0 Å². The maximum atomic E-state index is 12.6. The van der Waals surface area contributed by atoms with Crippen LogP contribution >= 0.6 is 0 Å². The van der Waals surface area contributed by atoms with E-state index in [2.05, 4.69) is 10.3 Å². The highest BCUT2D eigenvalue weighted by molar-refractivity contribution is 5.93. The number of halogens is 1. The van der Waals surface area contributed by atoms with E-state index in [0.29, 0.717) is 13.0 Å². The van der Waals surface area contributed by atoms with Crippen LogP contribution in [0.2, 0.25) is 0 Å². The van der Waals surface area contributed by atoms with Crippen LogP contribution < -0.4 is 5.32 Å². The van der Waals surface area contributed by atoms with Crippen LogP contribution in [0.1, 0.15) is 26.3 Å². The van der Waals surface area contributed by atoms with Gasteiger partial charge in [0.2, 0.25) is 5.95 Å². The molecule has 0 aliphatic heterocycles. The molecule has 0 saturated heterocycles. The van der Waals surface area contributed by atoms with Crippen LogP contribution in [0.4, 0.5) is 4.39 Å². The Balaban J connectivity index is 1.85. The van der Waals surface area contributed by atoms with Crippen LogP contribution in [-0.4, -0.2) is 28.5 Å². The van der Waals surface area contributed by atoms with E-state index in [1.54, 1.807) is 12.1 Å². The molecule has 1 amide bonds. The van der Waals surface area contributed by atoms with Gasteiger partial charge in [0.05, 0.1) is 11.1 Å². The zero-order chi connectivity index (χ0) is 15.2. The summed E-state index contributed by atoms with van der Waals surface area (Å²) in [5.74, 6) is -1.94. The van der Waals surface area contributed by atoms with Crippen molar-refractivity contribution < 1.29 is 19.1 Å². The predicted molar refractivity (Wildman–Crippen MR) is 73.6 cm³/mol. The van der Waals surface area contributed by atoms with Crippen molar-refractivity contribution in [3.05, 3.63) is 65.2 Å². The van der Waals surface area contributed by atoms with Gasteiger partial charge in [-0.05, 0) is 36.2 Å². The van der Waals surface area contributed by atoms with E-state index in [4.69, 9.17) is 5.11 Å². The van der Waals surface area contributed by atoms with Gasteiger partial charge in [-0.3, -0.25) is 4.79 Å². The van der Waals surface area contributed by atoms with Gasteiger partial charge >= 0.3 is 5.97 Å². The number of nitrogens with zero attached hydrogens (tertiary/aromatic N) is 1. The van der Waals surface area contributed by atoms with Gasteiger partial charge in [0.25, 0.3) is 5.91 Å². The number of benzene rings is 1. The average Bonchev–Trinajstić information content (AvgIpc) is 2.48. The molecule has 108 valence electrons. The van der Waals surface area contributed by atoms with Gasteiger partial charge < -0.3 is 10.4 Å². The second-order valence-electron chi connectivity index (χ2n) is 4.38. The Labute approximate surface area is 120 Å². The highest BCUT2D eigenvalue weighted by Gasteiger charge is 2.06. The zero-order valence-corrected chi connectivity index (χ0v) is 11.0. The van der Waals surface area contributed by atoms with Crippen LogP contribution in [-0.2, 0) is 6.42 Å². The average molecular weight is 288 g/mol. The molecular weight excluding hydrogens is 275 g/mol. The van der Waals surface area contributed by atoms with Gasteiger partial charge in [0.1, 0.15) is 0 Å². The molecule has 2 aromatic rings. The number of aromatic nitrogens is 1. The minimum Gasteiger partial charge on any atom is -0.478 e. The van der Waals surface area contributed by atoms with Gasteiger partial charge in [-0.15, -0.1) is 0 Å².